The number of halogens is 1. The predicted octanol–water partition coefficient (Wildman–Crippen LogP) is 1.27. The Morgan fingerprint density at radius 2 is 2.04 bits per heavy atom. The van der Waals surface area contributed by atoms with Crippen molar-refractivity contribution in [2.45, 2.75) is 51.1 Å². The fraction of sp³-hybridized carbons (Fsp3) is 0.588. The Labute approximate surface area is 164 Å². The van der Waals surface area contributed by atoms with Crippen LogP contribution in [0.2, 0.25) is 0 Å². The number of carbonyl (C=O) groups excluding carboxylic acids is 2. The molecule has 1 amide bonds. The standard InChI is InChI=1S/C17H22BrN5O4/c1-3-27-16(26)17(7-5-4-6-8-17)20-11(24)9-23-10-19-14-12(15(23)25)13(18)21-22(14)2/h10H,3-9H2,1-2H3,(H,20,24). The Balaban J connectivity index is 1.83. The lowest BCUT2D eigenvalue weighted by Crippen LogP contribution is -2.57. The Bertz CT molecular complexity index is 929. The van der Waals surface area contributed by atoms with Gasteiger partial charge in [0.1, 0.15) is 28.4 Å². The lowest BCUT2D eigenvalue weighted by molar-refractivity contribution is -0.155. The molecule has 0 saturated heterocycles. The van der Waals surface area contributed by atoms with E-state index in [4.69, 9.17) is 4.74 Å². The summed E-state index contributed by atoms with van der Waals surface area (Å²) in [6, 6.07) is 0. The third kappa shape index (κ3) is 3.76. The summed E-state index contributed by atoms with van der Waals surface area (Å²) in [6.07, 6.45) is 5.10. The smallest absolute Gasteiger partial charge is 0.331 e. The number of ether oxygens (including phenoxy) is 1. The second kappa shape index (κ2) is 7.79. The van der Waals surface area contributed by atoms with Crippen LogP contribution in [0.5, 0.6) is 0 Å². The molecule has 0 bridgehead atoms. The summed E-state index contributed by atoms with van der Waals surface area (Å²) in [5, 5.41) is 7.25. The van der Waals surface area contributed by atoms with E-state index in [1.165, 1.54) is 15.6 Å². The predicted molar refractivity (Wildman–Crippen MR) is 101 cm³/mol. The minimum Gasteiger partial charge on any atom is -0.464 e. The molecule has 0 spiro atoms. The second-order valence-corrected chi connectivity index (χ2v) is 7.45. The van der Waals surface area contributed by atoms with Crippen molar-refractivity contribution in [1.29, 1.82) is 0 Å². The summed E-state index contributed by atoms with van der Waals surface area (Å²) in [6.45, 7) is 1.76. The number of rotatable bonds is 5. The van der Waals surface area contributed by atoms with Crippen LogP contribution in [0.4, 0.5) is 0 Å². The first-order valence-corrected chi connectivity index (χ1v) is 9.73. The number of aryl methyl sites for hydroxylation is 1. The summed E-state index contributed by atoms with van der Waals surface area (Å²) >= 11 is 3.25. The van der Waals surface area contributed by atoms with E-state index in [0.717, 1.165) is 19.3 Å². The molecular formula is C17H22BrN5O4. The van der Waals surface area contributed by atoms with E-state index < -0.39 is 17.4 Å². The Morgan fingerprint density at radius 3 is 2.70 bits per heavy atom. The van der Waals surface area contributed by atoms with Crippen molar-refractivity contribution in [3.05, 3.63) is 21.3 Å². The number of nitrogens with zero attached hydrogens (tertiary/aromatic N) is 4. The molecular weight excluding hydrogens is 418 g/mol. The maximum Gasteiger partial charge on any atom is 0.331 e. The van der Waals surface area contributed by atoms with Crippen molar-refractivity contribution in [1.82, 2.24) is 24.6 Å². The molecule has 2 heterocycles. The molecule has 0 unspecified atom stereocenters. The minimum atomic E-state index is -1.01. The lowest BCUT2D eigenvalue weighted by atomic mass is 9.81. The van der Waals surface area contributed by atoms with Crippen LogP contribution in [-0.4, -0.2) is 43.4 Å². The quantitative estimate of drug-likeness (QED) is 0.702. The van der Waals surface area contributed by atoms with Gasteiger partial charge in [-0.2, -0.15) is 5.10 Å². The van der Waals surface area contributed by atoms with Crippen LogP contribution in [0.25, 0.3) is 11.0 Å². The largest absolute Gasteiger partial charge is 0.464 e. The third-order valence-corrected chi connectivity index (χ3v) is 5.39. The number of esters is 1. The van der Waals surface area contributed by atoms with Gasteiger partial charge in [0.15, 0.2) is 5.65 Å². The molecule has 1 aliphatic carbocycles. The van der Waals surface area contributed by atoms with Crippen LogP contribution in [0, 0.1) is 0 Å². The van der Waals surface area contributed by atoms with E-state index in [1.807, 2.05) is 0 Å². The number of carbonyl (C=O) groups is 2. The fourth-order valence-corrected chi connectivity index (χ4v) is 4.10. The van der Waals surface area contributed by atoms with Gasteiger partial charge in [0.05, 0.1) is 6.61 Å². The van der Waals surface area contributed by atoms with Crippen LogP contribution in [-0.2, 0) is 27.9 Å². The molecule has 0 radical (unpaired) electrons. The van der Waals surface area contributed by atoms with Gasteiger partial charge >= 0.3 is 5.97 Å². The Hall–Kier alpha value is -2.23. The van der Waals surface area contributed by atoms with Crippen molar-refractivity contribution in [2.75, 3.05) is 6.61 Å². The zero-order chi connectivity index (χ0) is 19.6. The average Bonchev–Trinajstić information content (AvgIpc) is 2.92. The molecule has 27 heavy (non-hydrogen) atoms. The molecule has 1 fully saturated rings. The number of fused-ring (bicyclic) bond motifs is 1. The van der Waals surface area contributed by atoms with E-state index in [2.05, 4.69) is 31.3 Å². The van der Waals surface area contributed by atoms with Gasteiger partial charge < -0.3 is 10.1 Å². The fourth-order valence-electron chi connectivity index (χ4n) is 3.51. The van der Waals surface area contributed by atoms with E-state index >= 15 is 0 Å². The zero-order valence-corrected chi connectivity index (χ0v) is 16.9. The number of nitrogens with one attached hydrogen (secondary N) is 1. The molecule has 146 valence electrons. The third-order valence-electron chi connectivity index (χ3n) is 4.83. The van der Waals surface area contributed by atoms with Gasteiger partial charge in [-0.25, -0.2) is 14.5 Å². The maximum atomic E-state index is 12.7. The summed E-state index contributed by atoms with van der Waals surface area (Å²) < 4.78 is 8.26. The summed E-state index contributed by atoms with van der Waals surface area (Å²) in [7, 11) is 1.68. The Morgan fingerprint density at radius 1 is 1.33 bits per heavy atom. The molecule has 0 atom stereocenters. The first-order valence-electron chi connectivity index (χ1n) is 8.94. The molecule has 1 aliphatic rings. The maximum absolute atomic E-state index is 12.7. The molecule has 1 saturated carbocycles. The zero-order valence-electron chi connectivity index (χ0n) is 15.3. The normalized spacial score (nSPS) is 16.3. The molecule has 10 heteroatoms. The van der Waals surface area contributed by atoms with Gasteiger partial charge in [-0.05, 0) is 35.7 Å². The first kappa shape index (κ1) is 19.5. The minimum absolute atomic E-state index is 0.232. The van der Waals surface area contributed by atoms with Gasteiger partial charge in [0.2, 0.25) is 5.91 Å². The molecule has 0 aliphatic heterocycles. The van der Waals surface area contributed by atoms with Gasteiger partial charge in [0.25, 0.3) is 5.56 Å². The molecule has 2 aromatic heterocycles. The molecule has 1 N–H and O–H groups in total. The SMILES string of the molecule is CCOC(=O)C1(NC(=O)Cn2cnc3c(c(Br)nn3C)c2=O)CCCCC1. The highest BCUT2D eigenvalue weighted by Crippen LogP contribution is 2.29. The summed E-state index contributed by atoms with van der Waals surface area (Å²) in [5.41, 5.74) is -0.954. The first-order chi connectivity index (χ1) is 12.9. The van der Waals surface area contributed by atoms with Crippen molar-refractivity contribution >= 4 is 38.8 Å². The van der Waals surface area contributed by atoms with Crippen LogP contribution in [0.15, 0.2) is 15.7 Å². The molecule has 0 aromatic carbocycles. The number of hydrogen-bond acceptors (Lipinski definition) is 6. The molecule has 3 rings (SSSR count). The van der Waals surface area contributed by atoms with Crippen LogP contribution in [0.3, 0.4) is 0 Å². The van der Waals surface area contributed by atoms with Crippen molar-refractivity contribution in [3.8, 4) is 0 Å². The number of amides is 1. The van der Waals surface area contributed by atoms with Crippen molar-refractivity contribution in [2.24, 2.45) is 7.05 Å². The highest BCUT2D eigenvalue weighted by atomic mass is 79.9. The molecule has 9 nitrogen and oxygen atoms in total. The monoisotopic (exact) mass is 439 g/mol. The van der Waals surface area contributed by atoms with E-state index in [-0.39, 0.29) is 18.7 Å². The van der Waals surface area contributed by atoms with Gasteiger partial charge in [-0.15, -0.1) is 0 Å². The average molecular weight is 440 g/mol. The van der Waals surface area contributed by atoms with E-state index in [1.54, 1.807) is 14.0 Å². The van der Waals surface area contributed by atoms with Crippen LogP contribution < -0.4 is 10.9 Å². The Kier molecular flexibility index (Phi) is 5.64. The molecule has 2 aromatic rings. The second-order valence-electron chi connectivity index (χ2n) is 6.70. The van der Waals surface area contributed by atoms with Crippen LogP contribution in [0.1, 0.15) is 39.0 Å². The number of hydrogen-bond donors (Lipinski definition) is 1. The van der Waals surface area contributed by atoms with Crippen molar-refractivity contribution in [3.63, 3.8) is 0 Å². The lowest BCUT2D eigenvalue weighted by Gasteiger charge is -2.35. The number of aromatic nitrogens is 4. The summed E-state index contributed by atoms with van der Waals surface area (Å²) in [5.74, 6) is -0.831. The summed E-state index contributed by atoms with van der Waals surface area (Å²) in [4.78, 5) is 42.0. The van der Waals surface area contributed by atoms with Crippen LogP contribution >= 0.6 is 15.9 Å². The van der Waals surface area contributed by atoms with E-state index in [0.29, 0.717) is 28.5 Å². The van der Waals surface area contributed by atoms with E-state index in [9.17, 15) is 14.4 Å². The highest BCUT2D eigenvalue weighted by Gasteiger charge is 2.42. The highest BCUT2D eigenvalue weighted by molar-refractivity contribution is 9.10. The van der Waals surface area contributed by atoms with Gasteiger partial charge in [0, 0.05) is 7.05 Å². The topological polar surface area (TPSA) is 108 Å². The van der Waals surface area contributed by atoms with Gasteiger partial charge in [-0.1, -0.05) is 19.3 Å². The van der Waals surface area contributed by atoms with Crippen molar-refractivity contribution < 1.29 is 14.3 Å². The van der Waals surface area contributed by atoms with Gasteiger partial charge in [-0.3, -0.25) is 14.2 Å².